The van der Waals surface area contributed by atoms with Crippen molar-refractivity contribution in [2.75, 3.05) is 28.4 Å². The normalized spacial score (nSPS) is 12.0. The maximum absolute atomic E-state index is 12.2. The first-order valence-electron chi connectivity index (χ1n) is 8.22. The number of ether oxygens (including phenoxy) is 4. The molecule has 1 aromatic carbocycles. The third kappa shape index (κ3) is 5.98. The Morgan fingerprint density at radius 1 is 1.04 bits per heavy atom. The molecule has 0 spiro atoms. The van der Waals surface area contributed by atoms with Gasteiger partial charge in [-0.25, -0.2) is 4.79 Å². The Hall–Kier alpha value is -2.70. The van der Waals surface area contributed by atoms with Gasteiger partial charge in [-0.15, -0.1) is 0 Å². The summed E-state index contributed by atoms with van der Waals surface area (Å²) < 4.78 is 20.6. The number of carbonyl (C=O) groups excluding carboxylic acids is 2. The first-order valence-corrected chi connectivity index (χ1v) is 8.22. The Kier molecular flexibility index (Phi) is 8.48. The molecule has 1 rings (SSSR count). The van der Waals surface area contributed by atoms with Gasteiger partial charge in [0, 0.05) is 6.08 Å². The molecule has 1 atom stereocenters. The molecule has 1 unspecified atom stereocenters. The van der Waals surface area contributed by atoms with Gasteiger partial charge in [0.1, 0.15) is 6.04 Å². The van der Waals surface area contributed by atoms with Crippen LogP contribution in [0.5, 0.6) is 17.2 Å². The summed E-state index contributed by atoms with van der Waals surface area (Å²) >= 11 is 0. The number of hydrogen-bond donors (Lipinski definition) is 1. The van der Waals surface area contributed by atoms with Gasteiger partial charge in [0.15, 0.2) is 11.5 Å². The average molecular weight is 365 g/mol. The number of rotatable bonds is 9. The minimum Gasteiger partial charge on any atom is -0.493 e. The maximum Gasteiger partial charge on any atom is 0.328 e. The summed E-state index contributed by atoms with van der Waals surface area (Å²) in [7, 11) is 5.85. The summed E-state index contributed by atoms with van der Waals surface area (Å²) in [6.45, 7) is 3.93. The van der Waals surface area contributed by atoms with E-state index in [-0.39, 0.29) is 5.92 Å². The van der Waals surface area contributed by atoms with Crippen LogP contribution in [0.25, 0.3) is 6.08 Å². The number of benzene rings is 1. The molecule has 144 valence electrons. The van der Waals surface area contributed by atoms with E-state index in [0.29, 0.717) is 29.2 Å². The van der Waals surface area contributed by atoms with Crippen LogP contribution in [0.15, 0.2) is 18.2 Å². The molecule has 1 N–H and O–H groups in total. The number of amides is 1. The molecule has 1 aromatic rings. The molecular formula is C19H27NO6. The fraction of sp³-hybridized carbons (Fsp3) is 0.474. The van der Waals surface area contributed by atoms with E-state index in [4.69, 9.17) is 18.9 Å². The second-order valence-corrected chi connectivity index (χ2v) is 6.01. The molecule has 0 aromatic heterocycles. The standard InChI is InChI=1S/C19H27NO6/c1-12(2)9-14(19(22)26-6)20-17(21)8-7-13-10-15(23-3)18(25-5)16(11-13)24-4/h7-8,10-12,14H,9H2,1-6H3,(H,20,21)/b8-7+. The number of nitrogens with one attached hydrogen (secondary N) is 1. The second kappa shape index (κ2) is 10.3. The van der Waals surface area contributed by atoms with Crippen molar-refractivity contribution < 1.29 is 28.5 Å². The fourth-order valence-electron chi connectivity index (χ4n) is 2.42. The Balaban J connectivity index is 2.94. The van der Waals surface area contributed by atoms with Gasteiger partial charge in [-0.05, 0) is 36.1 Å². The lowest BCUT2D eigenvalue weighted by atomic mass is 10.0. The second-order valence-electron chi connectivity index (χ2n) is 6.01. The van der Waals surface area contributed by atoms with Crippen molar-refractivity contribution >= 4 is 18.0 Å². The summed E-state index contributed by atoms with van der Waals surface area (Å²) in [6, 6.07) is 2.76. The SMILES string of the molecule is COC(=O)C(CC(C)C)NC(=O)/C=C/c1cc(OC)c(OC)c(OC)c1. The summed E-state index contributed by atoms with van der Waals surface area (Å²) in [6.07, 6.45) is 3.44. The predicted molar refractivity (Wildman–Crippen MR) is 98.5 cm³/mol. The third-order valence-electron chi connectivity index (χ3n) is 3.62. The van der Waals surface area contributed by atoms with Crippen molar-refractivity contribution in [3.63, 3.8) is 0 Å². The zero-order valence-corrected chi connectivity index (χ0v) is 16.1. The highest BCUT2D eigenvalue weighted by Gasteiger charge is 2.21. The lowest BCUT2D eigenvalue weighted by Gasteiger charge is -2.17. The topological polar surface area (TPSA) is 83.1 Å². The van der Waals surface area contributed by atoms with Gasteiger partial charge in [-0.3, -0.25) is 4.79 Å². The smallest absolute Gasteiger partial charge is 0.328 e. The van der Waals surface area contributed by atoms with E-state index in [1.54, 1.807) is 18.2 Å². The molecule has 7 nitrogen and oxygen atoms in total. The minimum absolute atomic E-state index is 0.235. The summed E-state index contributed by atoms with van der Waals surface area (Å²) in [5, 5.41) is 2.66. The van der Waals surface area contributed by atoms with Gasteiger partial charge in [0.2, 0.25) is 11.7 Å². The lowest BCUT2D eigenvalue weighted by molar-refractivity contribution is -0.145. The highest BCUT2D eigenvalue weighted by atomic mass is 16.5. The zero-order chi connectivity index (χ0) is 19.7. The fourth-order valence-corrected chi connectivity index (χ4v) is 2.42. The van der Waals surface area contributed by atoms with Crippen LogP contribution in [0.3, 0.4) is 0 Å². The molecule has 0 heterocycles. The molecule has 1 amide bonds. The van der Waals surface area contributed by atoms with Crippen molar-refractivity contribution in [1.29, 1.82) is 0 Å². The van der Waals surface area contributed by atoms with Crippen LogP contribution >= 0.6 is 0 Å². The third-order valence-corrected chi connectivity index (χ3v) is 3.62. The van der Waals surface area contributed by atoms with Crippen LogP contribution in [-0.2, 0) is 14.3 Å². The molecular weight excluding hydrogens is 338 g/mol. The van der Waals surface area contributed by atoms with Crippen molar-refractivity contribution in [2.24, 2.45) is 5.92 Å². The number of carbonyl (C=O) groups is 2. The van der Waals surface area contributed by atoms with Gasteiger partial charge in [-0.1, -0.05) is 13.8 Å². The lowest BCUT2D eigenvalue weighted by Crippen LogP contribution is -2.41. The molecule has 0 fully saturated rings. The van der Waals surface area contributed by atoms with Crippen molar-refractivity contribution in [1.82, 2.24) is 5.32 Å². The maximum atomic E-state index is 12.2. The Labute approximate surface area is 154 Å². The first-order chi connectivity index (χ1) is 12.4. The van der Waals surface area contributed by atoms with E-state index in [1.807, 2.05) is 13.8 Å². The Morgan fingerprint density at radius 2 is 1.62 bits per heavy atom. The minimum atomic E-state index is -0.683. The highest BCUT2D eigenvalue weighted by molar-refractivity contribution is 5.94. The molecule has 26 heavy (non-hydrogen) atoms. The predicted octanol–water partition coefficient (Wildman–Crippen LogP) is 2.43. The summed E-state index contributed by atoms with van der Waals surface area (Å²) in [5.74, 6) is 0.819. The Bertz CT molecular complexity index is 628. The largest absolute Gasteiger partial charge is 0.493 e. The van der Waals surface area contributed by atoms with Gasteiger partial charge in [-0.2, -0.15) is 0 Å². The number of hydrogen-bond acceptors (Lipinski definition) is 6. The van der Waals surface area contributed by atoms with E-state index in [1.165, 1.54) is 34.5 Å². The first kappa shape index (κ1) is 21.3. The van der Waals surface area contributed by atoms with Gasteiger partial charge >= 0.3 is 5.97 Å². The quantitative estimate of drug-likeness (QED) is 0.535. The molecule has 0 aliphatic rings. The van der Waals surface area contributed by atoms with E-state index in [9.17, 15) is 9.59 Å². The van der Waals surface area contributed by atoms with Crippen LogP contribution < -0.4 is 19.5 Å². The van der Waals surface area contributed by atoms with Crippen molar-refractivity contribution in [2.45, 2.75) is 26.3 Å². The molecule has 0 saturated carbocycles. The number of esters is 1. The van der Waals surface area contributed by atoms with Crippen LogP contribution in [0.2, 0.25) is 0 Å². The molecule has 0 radical (unpaired) electrons. The molecule has 7 heteroatoms. The van der Waals surface area contributed by atoms with E-state index < -0.39 is 17.9 Å². The van der Waals surface area contributed by atoms with Gasteiger partial charge in [0.25, 0.3) is 0 Å². The average Bonchev–Trinajstić information content (AvgIpc) is 2.63. The van der Waals surface area contributed by atoms with E-state index >= 15 is 0 Å². The number of methoxy groups -OCH3 is 4. The molecule has 0 saturated heterocycles. The monoisotopic (exact) mass is 365 g/mol. The van der Waals surface area contributed by atoms with Gasteiger partial charge < -0.3 is 24.3 Å². The van der Waals surface area contributed by atoms with Crippen LogP contribution in [-0.4, -0.2) is 46.4 Å². The van der Waals surface area contributed by atoms with E-state index in [0.717, 1.165) is 0 Å². The molecule has 0 aliphatic heterocycles. The Morgan fingerprint density at radius 3 is 2.04 bits per heavy atom. The molecule has 0 aliphatic carbocycles. The van der Waals surface area contributed by atoms with Crippen molar-refractivity contribution in [3.05, 3.63) is 23.8 Å². The van der Waals surface area contributed by atoms with E-state index in [2.05, 4.69) is 5.32 Å². The highest BCUT2D eigenvalue weighted by Crippen LogP contribution is 2.38. The summed E-state index contributed by atoms with van der Waals surface area (Å²) in [4.78, 5) is 24.0. The summed E-state index contributed by atoms with van der Waals surface area (Å²) in [5.41, 5.74) is 0.688. The molecule has 0 bridgehead atoms. The van der Waals surface area contributed by atoms with Crippen LogP contribution in [0, 0.1) is 5.92 Å². The van der Waals surface area contributed by atoms with Crippen LogP contribution in [0.1, 0.15) is 25.8 Å². The van der Waals surface area contributed by atoms with Crippen molar-refractivity contribution in [3.8, 4) is 17.2 Å². The van der Waals surface area contributed by atoms with Crippen LogP contribution in [0.4, 0.5) is 0 Å². The van der Waals surface area contributed by atoms with Gasteiger partial charge in [0.05, 0.1) is 28.4 Å². The zero-order valence-electron chi connectivity index (χ0n) is 16.1.